The van der Waals surface area contributed by atoms with Crippen molar-refractivity contribution in [2.75, 3.05) is 33.1 Å². The third-order valence-electron chi connectivity index (χ3n) is 4.51. The zero-order valence-electron chi connectivity index (χ0n) is 15.5. The summed E-state index contributed by atoms with van der Waals surface area (Å²) in [5.41, 5.74) is 0. The highest BCUT2D eigenvalue weighted by Gasteiger charge is 2.12. The normalized spacial score (nSPS) is 11.5. The molecule has 0 aromatic heterocycles. The highest BCUT2D eigenvalue weighted by molar-refractivity contribution is 6.17. The van der Waals surface area contributed by atoms with Crippen LogP contribution in [0.5, 0.6) is 0 Å². The summed E-state index contributed by atoms with van der Waals surface area (Å²) in [4.78, 5) is 0. The van der Waals surface area contributed by atoms with Gasteiger partial charge in [-0.1, -0.05) is 71.1 Å². The predicted octanol–water partition coefficient (Wildman–Crippen LogP) is 3.40. The molecule has 0 atom stereocenters. The van der Waals surface area contributed by atoms with Crippen LogP contribution in [-0.2, 0) is 0 Å². The number of nitrogens with zero attached hydrogens (tertiary/aromatic N) is 1. The Morgan fingerprint density at radius 3 is 1.36 bits per heavy atom. The molecule has 0 saturated heterocycles. The van der Waals surface area contributed by atoms with Crippen LogP contribution >= 0.6 is 11.6 Å². The standard InChI is InChI=1S/C19H41ClN.ClH/c1-4-5-6-7-8-9-10-11-12-13-14-15-18-21(2,3)19-16-17-20;/h4-19H2,1-3H3;1H/q+1;/p-1. The summed E-state index contributed by atoms with van der Waals surface area (Å²) in [6, 6.07) is 0. The summed E-state index contributed by atoms with van der Waals surface area (Å²) >= 11 is 5.78. The fraction of sp³-hybridized carbons (Fsp3) is 1.00. The van der Waals surface area contributed by atoms with E-state index in [9.17, 15) is 0 Å². The van der Waals surface area contributed by atoms with Gasteiger partial charge in [-0.3, -0.25) is 0 Å². The van der Waals surface area contributed by atoms with Gasteiger partial charge in [0.1, 0.15) is 0 Å². The lowest BCUT2D eigenvalue weighted by atomic mass is 10.1. The molecule has 0 aromatic carbocycles. The van der Waals surface area contributed by atoms with Crippen LogP contribution in [0.25, 0.3) is 0 Å². The Balaban J connectivity index is 0. The van der Waals surface area contributed by atoms with Gasteiger partial charge in [0.2, 0.25) is 0 Å². The number of hydrogen-bond donors (Lipinski definition) is 0. The highest BCUT2D eigenvalue weighted by atomic mass is 35.5. The second kappa shape index (κ2) is 17.9. The predicted molar refractivity (Wildman–Crippen MR) is 98.3 cm³/mol. The molecular formula is C19H41Cl2N. The third kappa shape index (κ3) is 18.6. The Morgan fingerprint density at radius 2 is 0.955 bits per heavy atom. The molecule has 0 fully saturated rings. The Hall–Kier alpha value is 0.540. The molecule has 22 heavy (non-hydrogen) atoms. The average molecular weight is 354 g/mol. The SMILES string of the molecule is CCCCCCCCCCCCCC[N+](C)(C)CCCCl.[Cl-]. The van der Waals surface area contributed by atoms with E-state index in [1.807, 2.05) is 0 Å². The minimum atomic E-state index is 0. The smallest absolute Gasteiger partial charge is 0.0794 e. The van der Waals surface area contributed by atoms with Crippen LogP contribution in [0.4, 0.5) is 0 Å². The molecule has 0 aliphatic rings. The number of rotatable bonds is 16. The summed E-state index contributed by atoms with van der Waals surface area (Å²) in [7, 11) is 4.68. The molecule has 0 aromatic rings. The molecule has 0 radical (unpaired) electrons. The zero-order valence-corrected chi connectivity index (χ0v) is 17.0. The summed E-state index contributed by atoms with van der Waals surface area (Å²) in [6.45, 7) is 4.83. The van der Waals surface area contributed by atoms with E-state index in [0.717, 1.165) is 16.8 Å². The van der Waals surface area contributed by atoms with Crippen molar-refractivity contribution in [2.45, 2.75) is 90.4 Å². The second-order valence-corrected chi connectivity index (χ2v) is 7.69. The van der Waals surface area contributed by atoms with Crippen molar-refractivity contribution in [3.05, 3.63) is 0 Å². The van der Waals surface area contributed by atoms with E-state index in [4.69, 9.17) is 11.6 Å². The minimum Gasteiger partial charge on any atom is -1.00 e. The lowest BCUT2D eigenvalue weighted by molar-refractivity contribution is -0.890. The fourth-order valence-corrected chi connectivity index (χ4v) is 3.10. The van der Waals surface area contributed by atoms with Crippen molar-refractivity contribution < 1.29 is 16.9 Å². The first-order chi connectivity index (χ1) is 10.1. The topological polar surface area (TPSA) is 0 Å². The van der Waals surface area contributed by atoms with Crippen LogP contribution in [0.15, 0.2) is 0 Å². The van der Waals surface area contributed by atoms with Crippen molar-refractivity contribution >= 4 is 11.6 Å². The van der Waals surface area contributed by atoms with Crippen LogP contribution in [0.2, 0.25) is 0 Å². The summed E-state index contributed by atoms with van der Waals surface area (Å²) in [5.74, 6) is 0.806. The Bertz CT molecular complexity index is 208. The quantitative estimate of drug-likeness (QED) is 0.226. The van der Waals surface area contributed by atoms with Crippen LogP contribution in [0.3, 0.4) is 0 Å². The van der Waals surface area contributed by atoms with E-state index in [1.54, 1.807) is 0 Å². The minimum absolute atomic E-state index is 0. The van der Waals surface area contributed by atoms with Crippen LogP contribution < -0.4 is 12.4 Å². The first kappa shape index (κ1) is 24.8. The van der Waals surface area contributed by atoms with E-state index < -0.39 is 0 Å². The Labute approximate surface area is 152 Å². The molecule has 136 valence electrons. The molecule has 0 saturated carbocycles. The third-order valence-corrected chi connectivity index (χ3v) is 4.78. The molecule has 0 bridgehead atoms. The number of quaternary nitrogens is 1. The van der Waals surface area contributed by atoms with Gasteiger partial charge in [-0.15, -0.1) is 11.6 Å². The van der Waals surface area contributed by atoms with Gasteiger partial charge in [-0.05, 0) is 12.8 Å². The monoisotopic (exact) mass is 353 g/mol. The van der Waals surface area contributed by atoms with E-state index in [1.165, 1.54) is 90.1 Å². The van der Waals surface area contributed by atoms with Crippen LogP contribution in [0, 0.1) is 0 Å². The molecule has 0 N–H and O–H groups in total. The molecule has 0 spiro atoms. The van der Waals surface area contributed by atoms with Crippen molar-refractivity contribution in [3.8, 4) is 0 Å². The second-order valence-electron chi connectivity index (χ2n) is 7.31. The number of hydrogen-bond acceptors (Lipinski definition) is 0. The van der Waals surface area contributed by atoms with Gasteiger partial charge in [-0.25, -0.2) is 0 Å². The number of halogens is 2. The van der Waals surface area contributed by atoms with E-state index >= 15 is 0 Å². The van der Waals surface area contributed by atoms with Gasteiger partial charge >= 0.3 is 0 Å². The first-order valence-electron chi connectivity index (χ1n) is 9.50. The van der Waals surface area contributed by atoms with Gasteiger partial charge in [0.05, 0.1) is 27.2 Å². The molecule has 0 amide bonds. The summed E-state index contributed by atoms with van der Waals surface area (Å²) in [5, 5.41) is 0. The van der Waals surface area contributed by atoms with Gasteiger partial charge in [0.15, 0.2) is 0 Å². The average Bonchev–Trinajstić information content (AvgIpc) is 2.46. The first-order valence-corrected chi connectivity index (χ1v) is 10.0. The molecule has 0 rings (SSSR count). The molecule has 0 unspecified atom stereocenters. The molecule has 0 aliphatic heterocycles. The lowest BCUT2D eigenvalue weighted by Gasteiger charge is -2.29. The van der Waals surface area contributed by atoms with Gasteiger partial charge in [-0.2, -0.15) is 0 Å². The van der Waals surface area contributed by atoms with E-state index in [0.29, 0.717) is 0 Å². The summed E-state index contributed by atoms with van der Waals surface area (Å²) < 4.78 is 1.14. The van der Waals surface area contributed by atoms with Gasteiger partial charge < -0.3 is 16.9 Å². The highest BCUT2D eigenvalue weighted by Crippen LogP contribution is 2.12. The lowest BCUT2D eigenvalue weighted by Crippen LogP contribution is -3.00. The van der Waals surface area contributed by atoms with Crippen LogP contribution in [-0.4, -0.2) is 37.5 Å². The summed E-state index contributed by atoms with van der Waals surface area (Å²) in [6.07, 6.45) is 18.4. The van der Waals surface area contributed by atoms with E-state index in [-0.39, 0.29) is 12.4 Å². The van der Waals surface area contributed by atoms with Gasteiger partial charge in [0.25, 0.3) is 0 Å². The van der Waals surface area contributed by atoms with E-state index in [2.05, 4.69) is 21.0 Å². The Kier molecular flexibility index (Phi) is 20.2. The molecule has 0 aliphatic carbocycles. The maximum Gasteiger partial charge on any atom is 0.0794 e. The molecular weight excluding hydrogens is 313 g/mol. The molecule has 1 nitrogen and oxygen atoms in total. The maximum absolute atomic E-state index is 5.78. The maximum atomic E-state index is 5.78. The number of alkyl halides is 1. The Morgan fingerprint density at radius 1 is 0.591 bits per heavy atom. The zero-order chi connectivity index (χ0) is 15.8. The number of unbranched alkanes of at least 4 members (excludes halogenated alkanes) is 11. The molecule has 0 heterocycles. The largest absolute Gasteiger partial charge is 1.00 e. The van der Waals surface area contributed by atoms with Gasteiger partial charge in [0, 0.05) is 12.3 Å². The van der Waals surface area contributed by atoms with Crippen molar-refractivity contribution in [1.82, 2.24) is 0 Å². The van der Waals surface area contributed by atoms with Crippen LogP contribution in [0.1, 0.15) is 90.4 Å². The fourth-order valence-electron chi connectivity index (χ4n) is 2.98. The van der Waals surface area contributed by atoms with Crippen molar-refractivity contribution in [1.29, 1.82) is 0 Å². The van der Waals surface area contributed by atoms with Crippen molar-refractivity contribution in [3.63, 3.8) is 0 Å². The molecule has 3 heteroatoms. The van der Waals surface area contributed by atoms with Crippen molar-refractivity contribution in [2.24, 2.45) is 0 Å².